The van der Waals surface area contributed by atoms with Crippen molar-refractivity contribution in [2.75, 3.05) is 26.2 Å². The van der Waals surface area contributed by atoms with Gasteiger partial charge in [-0.1, -0.05) is 5.16 Å². The SMILES string of the molecule is O=C(CCc1nc(-c2ccoc2)no1)N1CCCC1CN1CCCC1. The van der Waals surface area contributed by atoms with Crippen LogP contribution in [-0.2, 0) is 11.2 Å². The van der Waals surface area contributed by atoms with Crippen molar-refractivity contribution in [2.24, 2.45) is 0 Å². The standard InChI is InChI=1S/C18H24N4O3/c23-17(22-10-3-4-15(22)12-21-8-1-2-9-21)6-5-16-19-18(20-25-16)14-7-11-24-13-14/h7,11,13,15H,1-6,8-10,12H2. The van der Waals surface area contributed by atoms with Crippen LogP contribution in [-0.4, -0.2) is 58.1 Å². The van der Waals surface area contributed by atoms with Gasteiger partial charge < -0.3 is 18.7 Å². The van der Waals surface area contributed by atoms with Gasteiger partial charge in [0.2, 0.25) is 17.6 Å². The molecule has 2 aliphatic rings. The van der Waals surface area contributed by atoms with Crippen LogP contribution >= 0.6 is 0 Å². The number of carbonyl (C=O) groups excluding carboxylic acids is 1. The second kappa shape index (κ2) is 7.39. The van der Waals surface area contributed by atoms with Crippen molar-refractivity contribution in [3.05, 3.63) is 24.5 Å². The van der Waals surface area contributed by atoms with Crippen molar-refractivity contribution in [2.45, 2.75) is 44.6 Å². The highest BCUT2D eigenvalue weighted by molar-refractivity contribution is 5.77. The van der Waals surface area contributed by atoms with Crippen molar-refractivity contribution in [1.29, 1.82) is 0 Å². The molecule has 7 nitrogen and oxygen atoms in total. The van der Waals surface area contributed by atoms with Crippen molar-refractivity contribution >= 4 is 5.91 Å². The predicted octanol–water partition coefficient (Wildman–Crippen LogP) is 2.35. The van der Waals surface area contributed by atoms with Crippen LogP contribution < -0.4 is 0 Å². The van der Waals surface area contributed by atoms with E-state index in [0.29, 0.717) is 30.6 Å². The molecule has 2 aromatic rings. The van der Waals surface area contributed by atoms with E-state index >= 15 is 0 Å². The smallest absolute Gasteiger partial charge is 0.227 e. The number of aromatic nitrogens is 2. The van der Waals surface area contributed by atoms with Gasteiger partial charge in [-0.25, -0.2) is 0 Å². The number of amides is 1. The van der Waals surface area contributed by atoms with E-state index in [4.69, 9.17) is 8.94 Å². The lowest BCUT2D eigenvalue weighted by molar-refractivity contribution is -0.132. The van der Waals surface area contributed by atoms with E-state index < -0.39 is 0 Å². The molecule has 4 rings (SSSR count). The van der Waals surface area contributed by atoms with E-state index in [0.717, 1.165) is 31.5 Å². The first-order chi connectivity index (χ1) is 12.3. The van der Waals surface area contributed by atoms with Gasteiger partial charge in [-0.05, 0) is 44.8 Å². The number of nitrogens with zero attached hydrogens (tertiary/aromatic N) is 4. The molecule has 0 aliphatic carbocycles. The molecule has 2 aliphatic heterocycles. The monoisotopic (exact) mass is 344 g/mol. The summed E-state index contributed by atoms with van der Waals surface area (Å²) in [5.74, 6) is 1.20. The first-order valence-electron chi connectivity index (χ1n) is 9.16. The number of hydrogen-bond donors (Lipinski definition) is 0. The molecule has 0 N–H and O–H groups in total. The number of furan rings is 1. The van der Waals surface area contributed by atoms with E-state index in [2.05, 4.69) is 19.9 Å². The first-order valence-corrected chi connectivity index (χ1v) is 9.16. The molecular weight excluding hydrogens is 320 g/mol. The topological polar surface area (TPSA) is 75.6 Å². The second-order valence-electron chi connectivity index (χ2n) is 6.91. The third-order valence-corrected chi connectivity index (χ3v) is 5.17. The second-order valence-corrected chi connectivity index (χ2v) is 6.91. The molecule has 1 unspecified atom stereocenters. The van der Waals surface area contributed by atoms with Gasteiger partial charge in [-0.15, -0.1) is 0 Å². The molecule has 1 amide bonds. The third-order valence-electron chi connectivity index (χ3n) is 5.17. The Bertz CT molecular complexity index is 691. The van der Waals surface area contributed by atoms with Gasteiger partial charge in [0.1, 0.15) is 6.26 Å². The summed E-state index contributed by atoms with van der Waals surface area (Å²) in [5.41, 5.74) is 0.784. The van der Waals surface area contributed by atoms with E-state index in [1.54, 1.807) is 18.6 Å². The minimum absolute atomic E-state index is 0.199. The summed E-state index contributed by atoms with van der Waals surface area (Å²) < 4.78 is 10.3. The van der Waals surface area contributed by atoms with E-state index in [1.807, 2.05) is 0 Å². The molecule has 2 aromatic heterocycles. The summed E-state index contributed by atoms with van der Waals surface area (Å²) in [5, 5.41) is 3.94. The van der Waals surface area contributed by atoms with Gasteiger partial charge in [0.15, 0.2) is 0 Å². The summed E-state index contributed by atoms with van der Waals surface area (Å²) in [6, 6.07) is 2.15. The number of aryl methyl sites for hydroxylation is 1. The molecule has 0 aromatic carbocycles. The summed E-state index contributed by atoms with van der Waals surface area (Å²) in [7, 11) is 0. The Morgan fingerprint density at radius 2 is 2.12 bits per heavy atom. The van der Waals surface area contributed by atoms with Crippen molar-refractivity contribution in [3.8, 4) is 11.4 Å². The summed E-state index contributed by atoms with van der Waals surface area (Å²) >= 11 is 0. The summed E-state index contributed by atoms with van der Waals surface area (Å²) in [6.45, 7) is 4.26. The molecule has 7 heteroatoms. The maximum atomic E-state index is 12.6. The molecule has 1 atom stereocenters. The van der Waals surface area contributed by atoms with Crippen LogP contribution in [0.15, 0.2) is 27.5 Å². The van der Waals surface area contributed by atoms with Gasteiger partial charge in [0, 0.05) is 32.0 Å². The van der Waals surface area contributed by atoms with Crippen LogP contribution in [0.4, 0.5) is 0 Å². The van der Waals surface area contributed by atoms with Crippen molar-refractivity contribution in [3.63, 3.8) is 0 Å². The largest absolute Gasteiger partial charge is 0.472 e. The highest BCUT2D eigenvalue weighted by Gasteiger charge is 2.30. The molecule has 0 bridgehead atoms. The quantitative estimate of drug-likeness (QED) is 0.801. The van der Waals surface area contributed by atoms with Gasteiger partial charge in [-0.2, -0.15) is 4.98 Å². The predicted molar refractivity (Wildman–Crippen MR) is 90.7 cm³/mol. The molecule has 25 heavy (non-hydrogen) atoms. The Balaban J connectivity index is 1.30. The van der Waals surface area contributed by atoms with Crippen LogP contribution in [0.25, 0.3) is 11.4 Å². The number of carbonyl (C=O) groups is 1. The molecular formula is C18H24N4O3. The Labute approximate surface area is 147 Å². The van der Waals surface area contributed by atoms with E-state index in [1.165, 1.54) is 25.9 Å². The highest BCUT2D eigenvalue weighted by atomic mass is 16.5. The lowest BCUT2D eigenvalue weighted by Gasteiger charge is -2.28. The maximum absolute atomic E-state index is 12.6. The zero-order valence-corrected chi connectivity index (χ0v) is 14.4. The minimum atomic E-state index is 0.199. The Hall–Kier alpha value is -2.15. The first kappa shape index (κ1) is 16.3. The molecule has 0 radical (unpaired) electrons. The average molecular weight is 344 g/mol. The van der Waals surface area contributed by atoms with Gasteiger partial charge in [-0.3, -0.25) is 4.79 Å². The minimum Gasteiger partial charge on any atom is -0.472 e. The number of likely N-dealkylation sites (tertiary alicyclic amines) is 2. The van der Waals surface area contributed by atoms with Crippen LogP contribution in [0.2, 0.25) is 0 Å². The number of rotatable bonds is 6. The van der Waals surface area contributed by atoms with Crippen LogP contribution in [0.1, 0.15) is 38.0 Å². The number of hydrogen-bond acceptors (Lipinski definition) is 6. The van der Waals surface area contributed by atoms with Gasteiger partial charge >= 0.3 is 0 Å². The summed E-state index contributed by atoms with van der Waals surface area (Å²) in [6.07, 6.45) is 8.85. The zero-order valence-electron chi connectivity index (χ0n) is 14.4. The molecule has 2 saturated heterocycles. The van der Waals surface area contributed by atoms with Crippen molar-refractivity contribution < 1.29 is 13.7 Å². The molecule has 0 saturated carbocycles. The third kappa shape index (κ3) is 3.76. The Kier molecular flexibility index (Phi) is 4.83. The molecule has 134 valence electrons. The highest BCUT2D eigenvalue weighted by Crippen LogP contribution is 2.22. The Morgan fingerprint density at radius 1 is 1.24 bits per heavy atom. The zero-order chi connectivity index (χ0) is 17.1. The molecule has 2 fully saturated rings. The van der Waals surface area contributed by atoms with Crippen LogP contribution in [0.3, 0.4) is 0 Å². The normalized spacial score (nSPS) is 21.3. The van der Waals surface area contributed by atoms with E-state index in [9.17, 15) is 4.79 Å². The van der Waals surface area contributed by atoms with Crippen LogP contribution in [0, 0.1) is 0 Å². The lowest BCUT2D eigenvalue weighted by Crippen LogP contribution is -2.42. The van der Waals surface area contributed by atoms with E-state index in [-0.39, 0.29) is 5.91 Å². The van der Waals surface area contributed by atoms with Crippen molar-refractivity contribution in [1.82, 2.24) is 19.9 Å². The fraction of sp³-hybridized carbons (Fsp3) is 0.611. The molecule has 4 heterocycles. The average Bonchev–Trinajstić information content (AvgIpc) is 3.39. The maximum Gasteiger partial charge on any atom is 0.227 e. The Morgan fingerprint density at radius 3 is 2.92 bits per heavy atom. The lowest BCUT2D eigenvalue weighted by atomic mass is 10.2. The van der Waals surface area contributed by atoms with Gasteiger partial charge in [0.25, 0.3) is 0 Å². The fourth-order valence-corrected chi connectivity index (χ4v) is 3.84. The summed E-state index contributed by atoms with van der Waals surface area (Å²) in [4.78, 5) is 21.5. The van der Waals surface area contributed by atoms with Crippen LogP contribution in [0.5, 0.6) is 0 Å². The van der Waals surface area contributed by atoms with Gasteiger partial charge in [0.05, 0.1) is 11.8 Å². The fourth-order valence-electron chi connectivity index (χ4n) is 3.84. The molecule has 0 spiro atoms.